The first kappa shape index (κ1) is 14.0. The highest BCUT2D eigenvalue weighted by atomic mass is 79.9. The third-order valence-electron chi connectivity index (χ3n) is 2.73. The summed E-state index contributed by atoms with van der Waals surface area (Å²) in [6.07, 6.45) is 3.65. The molecule has 1 aromatic heterocycles. The molecule has 0 aliphatic rings. The Hall–Kier alpha value is -1.39. The number of aryl methyl sites for hydroxylation is 1. The van der Waals surface area contributed by atoms with Gasteiger partial charge in [-0.2, -0.15) is 0 Å². The molecule has 2 rings (SSSR count). The molecule has 0 unspecified atom stereocenters. The summed E-state index contributed by atoms with van der Waals surface area (Å²) >= 11 is 3.47. The van der Waals surface area contributed by atoms with Gasteiger partial charge in [-0.05, 0) is 42.3 Å². The Bertz CT molecular complexity index is 517. The van der Waals surface area contributed by atoms with Gasteiger partial charge in [-0.3, -0.25) is 4.98 Å². The zero-order valence-electron chi connectivity index (χ0n) is 10.9. The Kier molecular flexibility index (Phi) is 5.36. The van der Waals surface area contributed by atoms with Gasteiger partial charge in [0.25, 0.3) is 0 Å². The minimum absolute atomic E-state index is 0.654. The van der Waals surface area contributed by atoms with E-state index >= 15 is 0 Å². The Morgan fingerprint density at radius 3 is 2.95 bits per heavy atom. The van der Waals surface area contributed by atoms with E-state index < -0.39 is 0 Å². The second-order valence-corrected chi connectivity index (χ2v) is 5.15. The molecule has 0 bridgehead atoms. The lowest BCUT2D eigenvalue weighted by Gasteiger charge is -2.08. The lowest BCUT2D eigenvalue weighted by Crippen LogP contribution is -2.20. The molecule has 4 heteroatoms. The van der Waals surface area contributed by atoms with Crippen molar-refractivity contribution in [2.75, 3.05) is 13.2 Å². The first-order chi connectivity index (χ1) is 9.25. The standard InChI is InChI=1S/C15H17BrN2O/c1-12-9-14(4-5-15(12)16)19-8-7-18-11-13-3-2-6-17-10-13/h2-6,9-10,18H,7-8,11H2,1H3. The summed E-state index contributed by atoms with van der Waals surface area (Å²) in [5.41, 5.74) is 2.36. The molecule has 0 spiro atoms. The van der Waals surface area contributed by atoms with Crippen LogP contribution in [-0.4, -0.2) is 18.1 Å². The van der Waals surface area contributed by atoms with Crippen LogP contribution in [0.1, 0.15) is 11.1 Å². The third kappa shape index (κ3) is 4.65. The van der Waals surface area contributed by atoms with Gasteiger partial charge in [0.05, 0.1) is 0 Å². The molecular weight excluding hydrogens is 304 g/mol. The molecule has 1 aromatic carbocycles. The molecule has 19 heavy (non-hydrogen) atoms. The van der Waals surface area contributed by atoms with E-state index in [4.69, 9.17) is 4.74 Å². The van der Waals surface area contributed by atoms with Crippen molar-refractivity contribution < 1.29 is 4.74 Å². The summed E-state index contributed by atoms with van der Waals surface area (Å²) in [6, 6.07) is 10.0. The molecule has 0 aliphatic carbocycles. The predicted molar refractivity (Wildman–Crippen MR) is 80.3 cm³/mol. The van der Waals surface area contributed by atoms with Crippen molar-refractivity contribution in [2.45, 2.75) is 13.5 Å². The maximum Gasteiger partial charge on any atom is 0.119 e. The zero-order valence-corrected chi connectivity index (χ0v) is 12.5. The van der Waals surface area contributed by atoms with Crippen LogP contribution in [0.5, 0.6) is 5.75 Å². The van der Waals surface area contributed by atoms with Crippen LogP contribution in [0.15, 0.2) is 47.2 Å². The number of hydrogen-bond acceptors (Lipinski definition) is 3. The Morgan fingerprint density at radius 1 is 1.32 bits per heavy atom. The fraction of sp³-hybridized carbons (Fsp3) is 0.267. The van der Waals surface area contributed by atoms with Gasteiger partial charge >= 0.3 is 0 Å². The summed E-state index contributed by atoms with van der Waals surface area (Å²) in [5, 5.41) is 3.32. The molecule has 0 amide bonds. The van der Waals surface area contributed by atoms with E-state index in [0.29, 0.717) is 6.61 Å². The monoisotopic (exact) mass is 320 g/mol. The number of rotatable bonds is 6. The topological polar surface area (TPSA) is 34.1 Å². The van der Waals surface area contributed by atoms with E-state index in [-0.39, 0.29) is 0 Å². The van der Waals surface area contributed by atoms with Crippen LogP contribution < -0.4 is 10.1 Å². The number of aromatic nitrogens is 1. The molecule has 1 heterocycles. The highest BCUT2D eigenvalue weighted by molar-refractivity contribution is 9.10. The second kappa shape index (κ2) is 7.26. The highest BCUT2D eigenvalue weighted by Gasteiger charge is 1.98. The number of nitrogens with one attached hydrogen (secondary N) is 1. The van der Waals surface area contributed by atoms with Crippen LogP contribution in [0.25, 0.3) is 0 Å². The van der Waals surface area contributed by atoms with E-state index in [1.54, 1.807) is 6.20 Å². The van der Waals surface area contributed by atoms with Crippen molar-refractivity contribution >= 4 is 15.9 Å². The van der Waals surface area contributed by atoms with Crippen molar-refractivity contribution in [1.82, 2.24) is 10.3 Å². The highest BCUT2D eigenvalue weighted by Crippen LogP contribution is 2.21. The molecule has 0 saturated carbocycles. The summed E-state index contributed by atoms with van der Waals surface area (Å²) in [7, 11) is 0. The van der Waals surface area contributed by atoms with E-state index in [9.17, 15) is 0 Å². The van der Waals surface area contributed by atoms with Crippen molar-refractivity contribution in [3.63, 3.8) is 0 Å². The Labute approximate surface area is 122 Å². The van der Waals surface area contributed by atoms with E-state index in [1.807, 2.05) is 30.5 Å². The van der Waals surface area contributed by atoms with Crippen LogP contribution in [-0.2, 0) is 6.54 Å². The molecule has 0 radical (unpaired) electrons. The number of pyridine rings is 1. The molecule has 0 atom stereocenters. The van der Waals surface area contributed by atoms with Gasteiger partial charge in [0.1, 0.15) is 12.4 Å². The summed E-state index contributed by atoms with van der Waals surface area (Å²) in [6.45, 7) is 4.33. The van der Waals surface area contributed by atoms with Gasteiger partial charge in [0.2, 0.25) is 0 Å². The molecule has 1 N–H and O–H groups in total. The van der Waals surface area contributed by atoms with Gasteiger partial charge in [-0.15, -0.1) is 0 Å². The van der Waals surface area contributed by atoms with Gasteiger partial charge in [0, 0.05) is 30.0 Å². The van der Waals surface area contributed by atoms with Crippen LogP contribution in [0.2, 0.25) is 0 Å². The van der Waals surface area contributed by atoms with Crippen LogP contribution >= 0.6 is 15.9 Å². The Balaban J connectivity index is 1.68. The van der Waals surface area contributed by atoms with Crippen molar-refractivity contribution in [3.05, 3.63) is 58.3 Å². The van der Waals surface area contributed by atoms with Gasteiger partial charge in [-0.1, -0.05) is 22.0 Å². The van der Waals surface area contributed by atoms with Crippen molar-refractivity contribution in [1.29, 1.82) is 0 Å². The molecule has 0 saturated heterocycles. The number of nitrogens with zero attached hydrogens (tertiary/aromatic N) is 1. The zero-order chi connectivity index (χ0) is 13.5. The number of benzene rings is 1. The lowest BCUT2D eigenvalue weighted by molar-refractivity contribution is 0.313. The van der Waals surface area contributed by atoms with Gasteiger partial charge in [0.15, 0.2) is 0 Å². The fourth-order valence-electron chi connectivity index (χ4n) is 1.68. The summed E-state index contributed by atoms with van der Waals surface area (Å²) in [4.78, 5) is 4.07. The third-order valence-corrected chi connectivity index (χ3v) is 3.62. The predicted octanol–water partition coefficient (Wildman–Crippen LogP) is 3.32. The van der Waals surface area contributed by atoms with Gasteiger partial charge in [-0.25, -0.2) is 0 Å². The van der Waals surface area contributed by atoms with E-state index in [2.05, 4.69) is 39.2 Å². The average Bonchev–Trinajstić information content (AvgIpc) is 2.43. The van der Waals surface area contributed by atoms with E-state index in [0.717, 1.165) is 23.3 Å². The summed E-state index contributed by atoms with van der Waals surface area (Å²) in [5.74, 6) is 0.906. The largest absolute Gasteiger partial charge is 0.492 e. The fourth-order valence-corrected chi connectivity index (χ4v) is 1.93. The second-order valence-electron chi connectivity index (χ2n) is 4.30. The minimum atomic E-state index is 0.654. The van der Waals surface area contributed by atoms with Gasteiger partial charge < -0.3 is 10.1 Å². The average molecular weight is 321 g/mol. The quantitative estimate of drug-likeness (QED) is 0.829. The maximum absolute atomic E-state index is 5.68. The van der Waals surface area contributed by atoms with Crippen molar-refractivity contribution in [2.24, 2.45) is 0 Å². The molecule has 0 aliphatic heterocycles. The van der Waals surface area contributed by atoms with E-state index in [1.165, 1.54) is 11.1 Å². The molecule has 0 fully saturated rings. The molecule has 2 aromatic rings. The molecule has 100 valence electrons. The van der Waals surface area contributed by atoms with Crippen LogP contribution in [0.3, 0.4) is 0 Å². The first-order valence-electron chi connectivity index (χ1n) is 6.24. The van der Waals surface area contributed by atoms with Crippen LogP contribution in [0.4, 0.5) is 0 Å². The maximum atomic E-state index is 5.68. The SMILES string of the molecule is Cc1cc(OCCNCc2cccnc2)ccc1Br. The Morgan fingerprint density at radius 2 is 2.21 bits per heavy atom. The number of hydrogen-bond donors (Lipinski definition) is 1. The first-order valence-corrected chi connectivity index (χ1v) is 7.03. The number of ether oxygens (including phenoxy) is 1. The minimum Gasteiger partial charge on any atom is -0.492 e. The summed E-state index contributed by atoms with van der Waals surface area (Å²) < 4.78 is 6.79. The lowest BCUT2D eigenvalue weighted by atomic mass is 10.2. The van der Waals surface area contributed by atoms with Crippen molar-refractivity contribution in [3.8, 4) is 5.75 Å². The normalized spacial score (nSPS) is 10.4. The molecular formula is C15H17BrN2O. The van der Waals surface area contributed by atoms with Crippen LogP contribution in [0, 0.1) is 6.92 Å². The molecule has 3 nitrogen and oxygen atoms in total. The number of halogens is 1. The smallest absolute Gasteiger partial charge is 0.119 e.